The van der Waals surface area contributed by atoms with Crippen molar-refractivity contribution in [3.05, 3.63) is 39.1 Å². The van der Waals surface area contributed by atoms with E-state index < -0.39 is 11.7 Å². The SMILES string of the molecule is Cc1nc(-c2ccc(Br)cc2F)nc2sc(C(N)=O)c(N)c12. The number of primary amides is 1. The fourth-order valence-corrected chi connectivity index (χ4v) is 3.50. The molecule has 5 nitrogen and oxygen atoms in total. The van der Waals surface area contributed by atoms with E-state index in [1.165, 1.54) is 6.07 Å². The van der Waals surface area contributed by atoms with Crippen LogP contribution in [0.4, 0.5) is 10.1 Å². The first-order chi connectivity index (χ1) is 10.4. The number of aryl methyl sites for hydroxylation is 1. The Morgan fingerprint density at radius 1 is 1.36 bits per heavy atom. The molecule has 0 spiro atoms. The summed E-state index contributed by atoms with van der Waals surface area (Å²) in [5, 5.41) is 0.583. The average Bonchev–Trinajstić information content (AvgIpc) is 2.76. The van der Waals surface area contributed by atoms with E-state index in [0.717, 1.165) is 11.3 Å². The Hall–Kier alpha value is -2.06. The minimum absolute atomic E-state index is 0.237. The molecule has 0 aliphatic rings. The average molecular weight is 381 g/mol. The van der Waals surface area contributed by atoms with Crippen molar-refractivity contribution in [3.8, 4) is 11.4 Å². The van der Waals surface area contributed by atoms with Gasteiger partial charge in [0.2, 0.25) is 0 Å². The van der Waals surface area contributed by atoms with E-state index in [1.807, 2.05) is 0 Å². The van der Waals surface area contributed by atoms with Crippen molar-refractivity contribution < 1.29 is 9.18 Å². The van der Waals surface area contributed by atoms with Gasteiger partial charge in [-0.25, -0.2) is 14.4 Å². The molecule has 3 rings (SSSR count). The van der Waals surface area contributed by atoms with Crippen LogP contribution in [0.15, 0.2) is 22.7 Å². The molecular formula is C14H10BrFN4OS. The summed E-state index contributed by atoms with van der Waals surface area (Å²) in [5.41, 5.74) is 12.3. The lowest BCUT2D eigenvalue weighted by molar-refractivity contribution is 0.100. The van der Waals surface area contributed by atoms with Gasteiger partial charge in [-0.05, 0) is 25.1 Å². The zero-order chi connectivity index (χ0) is 16.0. The van der Waals surface area contributed by atoms with E-state index in [9.17, 15) is 9.18 Å². The molecule has 0 saturated heterocycles. The number of nitrogen functional groups attached to an aromatic ring is 1. The molecule has 0 saturated carbocycles. The van der Waals surface area contributed by atoms with Crippen LogP contribution in [0.2, 0.25) is 0 Å². The van der Waals surface area contributed by atoms with Gasteiger partial charge in [-0.1, -0.05) is 15.9 Å². The van der Waals surface area contributed by atoms with Crippen LogP contribution in [0.5, 0.6) is 0 Å². The molecule has 1 amide bonds. The number of benzene rings is 1. The summed E-state index contributed by atoms with van der Waals surface area (Å²) >= 11 is 4.29. The third kappa shape index (κ3) is 2.34. The maximum atomic E-state index is 14.1. The molecule has 1 aromatic carbocycles. The predicted octanol–water partition coefficient (Wildman–Crippen LogP) is 3.25. The maximum Gasteiger partial charge on any atom is 0.260 e. The van der Waals surface area contributed by atoms with Gasteiger partial charge in [0.25, 0.3) is 5.91 Å². The number of hydrogen-bond donors (Lipinski definition) is 2. The van der Waals surface area contributed by atoms with Crippen LogP contribution in [-0.4, -0.2) is 15.9 Å². The number of nitrogens with two attached hydrogens (primary N) is 2. The van der Waals surface area contributed by atoms with Gasteiger partial charge in [0.15, 0.2) is 5.82 Å². The number of carbonyl (C=O) groups is 1. The molecular weight excluding hydrogens is 371 g/mol. The lowest BCUT2D eigenvalue weighted by Gasteiger charge is -2.05. The molecule has 3 aromatic rings. The summed E-state index contributed by atoms with van der Waals surface area (Å²) < 4.78 is 14.7. The molecule has 0 fully saturated rings. The minimum atomic E-state index is -0.615. The number of aromatic nitrogens is 2. The highest BCUT2D eigenvalue weighted by atomic mass is 79.9. The first kappa shape index (κ1) is 14.9. The van der Waals surface area contributed by atoms with Crippen molar-refractivity contribution in [1.29, 1.82) is 0 Å². The summed E-state index contributed by atoms with van der Waals surface area (Å²) in [6.07, 6.45) is 0. The molecule has 0 aliphatic carbocycles. The Morgan fingerprint density at radius 2 is 2.09 bits per heavy atom. The van der Waals surface area contributed by atoms with Crippen LogP contribution < -0.4 is 11.5 Å². The zero-order valence-corrected chi connectivity index (χ0v) is 13.8. The summed E-state index contributed by atoms with van der Waals surface area (Å²) in [6.45, 7) is 1.73. The highest BCUT2D eigenvalue weighted by molar-refractivity contribution is 9.10. The van der Waals surface area contributed by atoms with Gasteiger partial charge < -0.3 is 11.5 Å². The maximum absolute atomic E-state index is 14.1. The number of fused-ring (bicyclic) bond motifs is 1. The van der Waals surface area contributed by atoms with E-state index >= 15 is 0 Å². The Morgan fingerprint density at radius 3 is 2.73 bits per heavy atom. The largest absolute Gasteiger partial charge is 0.397 e. The Bertz CT molecular complexity index is 925. The lowest BCUT2D eigenvalue weighted by Crippen LogP contribution is -2.10. The molecule has 8 heteroatoms. The van der Waals surface area contributed by atoms with E-state index in [-0.39, 0.29) is 22.0 Å². The van der Waals surface area contributed by atoms with Crippen LogP contribution in [0.3, 0.4) is 0 Å². The highest BCUT2D eigenvalue weighted by Crippen LogP contribution is 2.35. The van der Waals surface area contributed by atoms with E-state index in [0.29, 0.717) is 20.4 Å². The Labute approximate surface area is 137 Å². The number of thiophene rings is 1. The minimum Gasteiger partial charge on any atom is -0.397 e. The second-order valence-electron chi connectivity index (χ2n) is 4.65. The smallest absolute Gasteiger partial charge is 0.260 e. The van der Waals surface area contributed by atoms with Gasteiger partial charge in [0.05, 0.1) is 22.3 Å². The Balaban J connectivity index is 2.27. The zero-order valence-electron chi connectivity index (χ0n) is 11.4. The molecule has 22 heavy (non-hydrogen) atoms. The first-order valence-corrected chi connectivity index (χ1v) is 7.81. The van der Waals surface area contributed by atoms with E-state index in [2.05, 4.69) is 25.9 Å². The topological polar surface area (TPSA) is 94.9 Å². The van der Waals surface area contributed by atoms with Crippen LogP contribution >= 0.6 is 27.3 Å². The van der Waals surface area contributed by atoms with Gasteiger partial charge in [-0.2, -0.15) is 0 Å². The summed E-state index contributed by atoms with van der Waals surface area (Å²) in [4.78, 5) is 20.8. The number of anilines is 1. The fraction of sp³-hybridized carbons (Fsp3) is 0.0714. The van der Waals surface area contributed by atoms with Crippen LogP contribution in [0, 0.1) is 12.7 Å². The Kier molecular flexibility index (Phi) is 3.57. The van der Waals surface area contributed by atoms with Crippen molar-refractivity contribution in [2.45, 2.75) is 6.92 Å². The third-order valence-corrected chi connectivity index (χ3v) is 4.77. The lowest BCUT2D eigenvalue weighted by atomic mass is 10.2. The first-order valence-electron chi connectivity index (χ1n) is 6.20. The quantitative estimate of drug-likeness (QED) is 0.713. The van der Waals surface area contributed by atoms with Gasteiger partial charge in [-0.15, -0.1) is 11.3 Å². The number of carbonyl (C=O) groups excluding carboxylic acids is 1. The van der Waals surface area contributed by atoms with Crippen LogP contribution in [0.25, 0.3) is 21.6 Å². The molecule has 2 aromatic heterocycles. The molecule has 2 heterocycles. The number of halogens is 2. The van der Waals surface area contributed by atoms with Gasteiger partial charge in [0.1, 0.15) is 15.5 Å². The van der Waals surface area contributed by atoms with Crippen LogP contribution in [0.1, 0.15) is 15.4 Å². The second-order valence-corrected chi connectivity index (χ2v) is 6.56. The van der Waals surface area contributed by atoms with Crippen LogP contribution in [-0.2, 0) is 0 Å². The van der Waals surface area contributed by atoms with E-state index in [1.54, 1.807) is 19.1 Å². The monoisotopic (exact) mass is 380 g/mol. The van der Waals surface area contributed by atoms with Crippen molar-refractivity contribution in [3.63, 3.8) is 0 Å². The van der Waals surface area contributed by atoms with Gasteiger partial charge >= 0.3 is 0 Å². The predicted molar refractivity (Wildman–Crippen MR) is 88.2 cm³/mol. The van der Waals surface area contributed by atoms with Gasteiger partial charge in [-0.3, -0.25) is 4.79 Å². The molecule has 4 N–H and O–H groups in total. The summed E-state index contributed by atoms with van der Waals surface area (Å²) in [6, 6.07) is 4.64. The summed E-state index contributed by atoms with van der Waals surface area (Å²) in [7, 11) is 0. The highest BCUT2D eigenvalue weighted by Gasteiger charge is 2.19. The summed E-state index contributed by atoms with van der Waals surface area (Å²) in [5.74, 6) is -0.809. The molecule has 112 valence electrons. The third-order valence-electron chi connectivity index (χ3n) is 3.17. The second kappa shape index (κ2) is 5.29. The van der Waals surface area contributed by atoms with Gasteiger partial charge in [0, 0.05) is 4.47 Å². The number of nitrogens with zero attached hydrogens (tertiary/aromatic N) is 2. The van der Waals surface area contributed by atoms with E-state index in [4.69, 9.17) is 11.5 Å². The molecule has 0 atom stereocenters. The van der Waals surface area contributed by atoms with Crippen molar-refractivity contribution >= 4 is 49.1 Å². The molecule has 0 radical (unpaired) electrons. The standard InChI is InChI=1S/C14H10BrFN4OS/c1-5-9-10(17)11(12(18)21)22-14(9)20-13(19-5)7-3-2-6(15)4-8(7)16/h2-4H,17H2,1H3,(H2,18,21). The molecule has 0 unspecified atom stereocenters. The fourth-order valence-electron chi connectivity index (χ4n) is 2.17. The number of hydrogen-bond acceptors (Lipinski definition) is 5. The van der Waals surface area contributed by atoms with Crippen molar-refractivity contribution in [2.75, 3.05) is 5.73 Å². The molecule has 0 bridgehead atoms. The normalized spacial score (nSPS) is 11.0. The number of rotatable bonds is 2. The van der Waals surface area contributed by atoms with Crippen molar-refractivity contribution in [2.24, 2.45) is 5.73 Å². The molecule has 0 aliphatic heterocycles. The number of amides is 1. The van der Waals surface area contributed by atoms with Crippen molar-refractivity contribution in [1.82, 2.24) is 9.97 Å².